The summed E-state index contributed by atoms with van der Waals surface area (Å²) in [6.45, 7) is 5.52. The molecular formula is C28H38N4O6. The summed E-state index contributed by atoms with van der Waals surface area (Å²) in [7, 11) is 0. The smallest absolute Gasteiger partial charge is 0.332 e. The Bertz CT molecular complexity index is 1020. The average Bonchev–Trinajstić information content (AvgIpc) is 2.92. The molecule has 1 unspecified atom stereocenters. The average molecular weight is 527 g/mol. The van der Waals surface area contributed by atoms with E-state index in [1.54, 1.807) is 35.4 Å². The topological polar surface area (TPSA) is 130 Å². The number of aromatic hydroxyl groups is 1. The number of carbonyl (C=O) groups excluding carboxylic acids is 3. The minimum atomic E-state index is -0.745. The molecule has 0 saturated carbocycles. The largest absolute Gasteiger partial charge is 0.508 e. The normalized spacial score (nSPS) is 14.7. The molecule has 1 aromatic heterocycles. The highest BCUT2D eigenvalue weighted by atomic mass is 16.6. The van der Waals surface area contributed by atoms with E-state index in [1.807, 2.05) is 32.0 Å². The second-order valence-corrected chi connectivity index (χ2v) is 9.79. The van der Waals surface area contributed by atoms with Gasteiger partial charge in [0, 0.05) is 38.7 Å². The molecule has 2 aromatic rings. The Morgan fingerprint density at radius 2 is 1.84 bits per heavy atom. The zero-order valence-corrected chi connectivity index (χ0v) is 22.1. The summed E-state index contributed by atoms with van der Waals surface area (Å²) >= 11 is 0. The van der Waals surface area contributed by atoms with Crippen molar-refractivity contribution >= 4 is 23.6 Å². The van der Waals surface area contributed by atoms with Gasteiger partial charge in [0.1, 0.15) is 24.2 Å². The van der Waals surface area contributed by atoms with Crippen LogP contribution >= 0.6 is 0 Å². The van der Waals surface area contributed by atoms with Crippen LogP contribution in [0.5, 0.6) is 5.75 Å². The van der Waals surface area contributed by atoms with E-state index >= 15 is 0 Å². The van der Waals surface area contributed by atoms with E-state index in [9.17, 15) is 19.5 Å². The van der Waals surface area contributed by atoms with Crippen LogP contribution in [0.1, 0.15) is 38.7 Å². The molecule has 1 fully saturated rings. The molecule has 10 heteroatoms. The van der Waals surface area contributed by atoms with Gasteiger partial charge in [-0.25, -0.2) is 9.78 Å². The number of phenolic OH excluding ortho intramolecular Hbond substituents is 1. The van der Waals surface area contributed by atoms with Crippen molar-refractivity contribution in [2.75, 3.05) is 38.2 Å². The summed E-state index contributed by atoms with van der Waals surface area (Å²) in [5.74, 6) is 0.279. The standard InChI is InChI=1S/C28H38N4O6/c1-20(2)18-38-27(35)19-37-23-11-15-32(16-12-23)28(36)24(17-21-6-8-22(33)9-7-21)31-26(34)10-14-30-25-5-3-4-13-29-25/h3-9,13,20,23-24,33H,10-12,14-19H2,1-2H3,(H,29,30)(H,31,34). The Kier molecular flexibility index (Phi) is 11.4. The van der Waals surface area contributed by atoms with Crippen LogP contribution in [0.3, 0.4) is 0 Å². The van der Waals surface area contributed by atoms with E-state index < -0.39 is 6.04 Å². The molecule has 3 rings (SSSR count). The maximum Gasteiger partial charge on any atom is 0.332 e. The summed E-state index contributed by atoms with van der Waals surface area (Å²) in [4.78, 5) is 43.9. The Labute approximate surface area is 223 Å². The maximum atomic E-state index is 13.4. The summed E-state index contributed by atoms with van der Waals surface area (Å²) < 4.78 is 10.8. The van der Waals surface area contributed by atoms with Gasteiger partial charge in [-0.15, -0.1) is 0 Å². The lowest BCUT2D eigenvalue weighted by atomic mass is 10.0. The lowest BCUT2D eigenvalue weighted by Gasteiger charge is -2.34. The Morgan fingerprint density at radius 3 is 2.50 bits per heavy atom. The zero-order chi connectivity index (χ0) is 27.3. The fraction of sp³-hybridized carbons (Fsp3) is 0.500. The molecule has 0 spiro atoms. The van der Waals surface area contributed by atoms with Gasteiger partial charge in [-0.3, -0.25) is 9.59 Å². The Balaban J connectivity index is 1.52. The number of hydrogen-bond donors (Lipinski definition) is 3. The minimum absolute atomic E-state index is 0.0998. The number of anilines is 1. The number of esters is 1. The highest BCUT2D eigenvalue weighted by Gasteiger charge is 2.30. The fourth-order valence-electron chi connectivity index (χ4n) is 4.06. The molecule has 38 heavy (non-hydrogen) atoms. The molecule has 2 heterocycles. The third-order valence-corrected chi connectivity index (χ3v) is 6.10. The molecular weight excluding hydrogens is 488 g/mol. The number of aromatic nitrogens is 1. The van der Waals surface area contributed by atoms with Crippen molar-refractivity contribution in [1.82, 2.24) is 15.2 Å². The second-order valence-electron chi connectivity index (χ2n) is 9.79. The molecule has 0 aliphatic carbocycles. The number of pyridine rings is 1. The SMILES string of the molecule is CC(C)COC(=O)COC1CCN(C(=O)C(Cc2ccc(O)cc2)NC(=O)CCNc2ccccn2)CC1. The monoisotopic (exact) mass is 526 g/mol. The molecule has 0 radical (unpaired) electrons. The van der Waals surface area contributed by atoms with Crippen LogP contribution in [-0.4, -0.2) is 77.8 Å². The van der Waals surface area contributed by atoms with Crippen LogP contribution in [0.2, 0.25) is 0 Å². The molecule has 1 aromatic carbocycles. The van der Waals surface area contributed by atoms with Gasteiger partial charge in [-0.1, -0.05) is 32.0 Å². The van der Waals surface area contributed by atoms with Crippen LogP contribution in [0.25, 0.3) is 0 Å². The van der Waals surface area contributed by atoms with Gasteiger partial charge >= 0.3 is 5.97 Å². The number of piperidine rings is 1. The number of amides is 2. The maximum absolute atomic E-state index is 13.4. The summed E-state index contributed by atoms with van der Waals surface area (Å²) in [6, 6.07) is 11.3. The van der Waals surface area contributed by atoms with E-state index in [-0.39, 0.29) is 48.6 Å². The highest BCUT2D eigenvalue weighted by Crippen LogP contribution is 2.17. The minimum Gasteiger partial charge on any atom is -0.508 e. The van der Waals surface area contributed by atoms with Gasteiger partial charge in [0.25, 0.3) is 0 Å². The number of rotatable bonds is 13. The zero-order valence-electron chi connectivity index (χ0n) is 22.1. The summed E-state index contributed by atoms with van der Waals surface area (Å²) in [5.41, 5.74) is 0.825. The van der Waals surface area contributed by atoms with E-state index in [0.29, 0.717) is 51.3 Å². The molecule has 206 valence electrons. The van der Waals surface area contributed by atoms with Gasteiger partial charge in [0.2, 0.25) is 11.8 Å². The first-order valence-electron chi connectivity index (χ1n) is 13.1. The van der Waals surface area contributed by atoms with Crippen LogP contribution < -0.4 is 10.6 Å². The molecule has 1 aliphatic heterocycles. The number of ether oxygens (including phenoxy) is 2. The third kappa shape index (κ3) is 10.0. The lowest BCUT2D eigenvalue weighted by molar-refractivity contribution is -0.154. The first-order valence-corrected chi connectivity index (χ1v) is 13.1. The van der Waals surface area contributed by atoms with Crippen molar-refractivity contribution < 1.29 is 29.0 Å². The van der Waals surface area contributed by atoms with Crippen molar-refractivity contribution in [2.24, 2.45) is 5.92 Å². The first kappa shape index (κ1) is 28.9. The summed E-state index contributed by atoms with van der Waals surface area (Å²) in [5, 5.41) is 15.6. The second kappa shape index (κ2) is 14.9. The fourth-order valence-corrected chi connectivity index (χ4v) is 4.06. The van der Waals surface area contributed by atoms with Crippen molar-refractivity contribution in [3.8, 4) is 5.75 Å². The predicted molar refractivity (Wildman–Crippen MR) is 142 cm³/mol. The molecule has 1 saturated heterocycles. The van der Waals surface area contributed by atoms with Crippen LogP contribution in [0.15, 0.2) is 48.7 Å². The lowest BCUT2D eigenvalue weighted by Crippen LogP contribution is -2.52. The van der Waals surface area contributed by atoms with E-state index in [2.05, 4.69) is 15.6 Å². The molecule has 1 atom stereocenters. The highest BCUT2D eigenvalue weighted by molar-refractivity contribution is 5.88. The molecule has 2 amide bonds. The van der Waals surface area contributed by atoms with Gasteiger partial charge in [0.05, 0.1) is 12.7 Å². The van der Waals surface area contributed by atoms with Gasteiger partial charge in [0.15, 0.2) is 0 Å². The van der Waals surface area contributed by atoms with Crippen molar-refractivity contribution in [3.63, 3.8) is 0 Å². The van der Waals surface area contributed by atoms with E-state index in [4.69, 9.17) is 9.47 Å². The van der Waals surface area contributed by atoms with Crippen LogP contribution in [0, 0.1) is 5.92 Å². The number of carbonyl (C=O) groups is 3. The number of likely N-dealkylation sites (tertiary alicyclic amines) is 1. The number of nitrogens with one attached hydrogen (secondary N) is 2. The number of hydrogen-bond acceptors (Lipinski definition) is 8. The van der Waals surface area contributed by atoms with Gasteiger partial charge in [-0.2, -0.15) is 0 Å². The van der Waals surface area contributed by atoms with E-state index in [1.165, 1.54) is 0 Å². The quantitative estimate of drug-likeness (QED) is 0.340. The molecule has 1 aliphatic rings. The Morgan fingerprint density at radius 1 is 1.11 bits per heavy atom. The molecule has 0 bridgehead atoms. The van der Waals surface area contributed by atoms with Crippen LogP contribution in [-0.2, 0) is 30.3 Å². The first-order chi connectivity index (χ1) is 18.3. The van der Waals surface area contributed by atoms with Crippen molar-refractivity contribution in [2.45, 2.75) is 51.7 Å². The van der Waals surface area contributed by atoms with E-state index in [0.717, 1.165) is 5.56 Å². The predicted octanol–water partition coefficient (Wildman–Crippen LogP) is 2.52. The molecule has 3 N–H and O–H groups in total. The Hall–Kier alpha value is -3.66. The number of phenols is 1. The van der Waals surface area contributed by atoms with Crippen molar-refractivity contribution in [1.29, 1.82) is 0 Å². The van der Waals surface area contributed by atoms with Gasteiger partial charge in [-0.05, 0) is 48.6 Å². The number of nitrogens with zero attached hydrogens (tertiary/aromatic N) is 2. The van der Waals surface area contributed by atoms with Crippen LogP contribution in [0.4, 0.5) is 5.82 Å². The number of benzene rings is 1. The van der Waals surface area contributed by atoms with Crippen molar-refractivity contribution in [3.05, 3.63) is 54.2 Å². The third-order valence-electron chi connectivity index (χ3n) is 6.10. The molecule has 10 nitrogen and oxygen atoms in total. The van der Waals surface area contributed by atoms with Gasteiger partial charge < -0.3 is 30.1 Å². The summed E-state index contributed by atoms with van der Waals surface area (Å²) in [6.07, 6.45) is 3.21.